The number of halogens is 2. The van der Waals surface area contributed by atoms with Gasteiger partial charge in [-0.25, -0.2) is 4.39 Å². The van der Waals surface area contributed by atoms with Gasteiger partial charge in [0.15, 0.2) is 0 Å². The SMILES string of the molecule is O=C(O)C(Cl)Cc1ccccc1F. The quantitative estimate of drug-likeness (QED) is 0.762. The Labute approximate surface area is 80.0 Å². The third-order valence-electron chi connectivity index (χ3n) is 1.62. The molecule has 0 radical (unpaired) electrons. The van der Waals surface area contributed by atoms with Crippen molar-refractivity contribution in [3.8, 4) is 0 Å². The molecule has 0 saturated heterocycles. The molecule has 0 fully saturated rings. The van der Waals surface area contributed by atoms with E-state index in [1.807, 2.05) is 0 Å². The lowest BCUT2D eigenvalue weighted by Gasteiger charge is -2.04. The predicted octanol–water partition coefficient (Wildman–Crippen LogP) is 2.06. The summed E-state index contributed by atoms with van der Waals surface area (Å²) >= 11 is 5.46. The van der Waals surface area contributed by atoms with Crippen molar-refractivity contribution < 1.29 is 14.3 Å². The maximum absolute atomic E-state index is 13.0. The number of aliphatic carboxylic acids is 1. The van der Waals surface area contributed by atoms with E-state index in [1.165, 1.54) is 12.1 Å². The summed E-state index contributed by atoms with van der Waals surface area (Å²) in [6.45, 7) is 0. The van der Waals surface area contributed by atoms with Crippen molar-refractivity contribution in [2.45, 2.75) is 11.8 Å². The van der Waals surface area contributed by atoms with E-state index < -0.39 is 17.2 Å². The van der Waals surface area contributed by atoms with Gasteiger partial charge in [0.1, 0.15) is 11.2 Å². The largest absolute Gasteiger partial charge is 0.480 e. The Balaban J connectivity index is 2.74. The fourth-order valence-corrected chi connectivity index (χ4v) is 1.11. The van der Waals surface area contributed by atoms with E-state index in [4.69, 9.17) is 16.7 Å². The first-order chi connectivity index (χ1) is 6.11. The molecule has 0 spiro atoms. The molecule has 0 aromatic heterocycles. The van der Waals surface area contributed by atoms with Gasteiger partial charge in [-0.15, -0.1) is 11.6 Å². The second-order valence-electron chi connectivity index (χ2n) is 2.60. The van der Waals surface area contributed by atoms with Gasteiger partial charge in [0.05, 0.1) is 0 Å². The number of hydrogen-bond acceptors (Lipinski definition) is 1. The van der Waals surface area contributed by atoms with Crippen molar-refractivity contribution >= 4 is 17.6 Å². The number of hydrogen-bond donors (Lipinski definition) is 1. The predicted molar refractivity (Wildman–Crippen MR) is 47.4 cm³/mol. The molecule has 2 nitrogen and oxygen atoms in total. The van der Waals surface area contributed by atoms with Crippen LogP contribution in [-0.4, -0.2) is 16.5 Å². The number of benzene rings is 1. The highest BCUT2D eigenvalue weighted by atomic mass is 35.5. The third-order valence-corrected chi connectivity index (χ3v) is 1.97. The minimum absolute atomic E-state index is 0.00353. The Morgan fingerprint density at radius 1 is 1.54 bits per heavy atom. The summed E-state index contributed by atoms with van der Waals surface area (Å²) < 4.78 is 13.0. The maximum atomic E-state index is 13.0. The highest BCUT2D eigenvalue weighted by Gasteiger charge is 2.15. The minimum Gasteiger partial charge on any atom is -0.480 e. The van der Waals surface area contributed by atoms with Crippen LogP contribution in [0.4, 0.5) is 4.39 Å². The molecule has 1 aromatic carbocycles. The number of rotatable bonds is 3. The molecular weight excluding hydrogens is 195 g/mol. The molecule has 13 heavy (non-hydrogen) atoms. The van der Waals surface area contributed by atoms with E-state index in [0.29, 0.717) is 5.56 Å². The number of alkyl halides is 1. The van der Waals surface area contributed by atoms with Crippen LogP contribution in [0.25, 0.3) is 0 Å². The third kappa shape index (κ3) is 2.70. The summed E-state index contributed by atoms with van der Waals surface area (Å²) in [5, 5.41) is 7.41. The van der Waals surface area contributed by atoms with Crippen LogP contribution >= 0.6 is 11.6 Å². The lowest BCUT2D eigenvalue weighted by molar-refractivity contribution is -0.136. The van der Waals surface area contributed by atoms with Crippen LogP contribution in [0.15, 0.2) is 24.3 Å². The second kappa shape index (κ2) is 4.23. The second-order valence-corrected chi connectivity index (χ2v) is 3.13. The van der Waals surface area contributed by atoms with Gasteiger partial charge in [0.25, 0.3) is 0 Å². The summed E-state index contributed by atoms with van der Waals surface area (Å²) in [7, 11) is 0. The Morgan fingerprint density at radius 2 is 2.15 bits per heavy atom. The van der Waals surface area contributed by atoms with E-state index in [-0.39, 0.29) is 6.42 Å². The summed E-state index contributed by atoms with van der Waals surface area (Å²) in [5.74, 6) is -1.56. The van der Waals surface area contributed by atoms with Crippen LogP contribution < -0.4 is 0 Å². The number of carboxylic acid groups (broad SMARTS) is 1. The first kappa shape index (κ1) is 9.99. The molecule has 0 aliphatic rings. The Hall–Kier alpha value is -1.09. The van der Waals surface area contributed by atoms with Crippen LogP contribution in [-0.2, 0) is 11.2 Å². The Kier molecular flexibility index (Phi) is 3.25. The normalized spacial score (nSPS) is 12.5. The van der Waals surface area contributed by atoms with E-state index in [2.05, 4.69) is 0 Å². The highest BCUT2D eigenvalue weighted by Crippen LogP contribution is 2.12. The summed E-state index contributed by atoms with van der Waals surface area (Å²) in [4.78, 5) is 10.4. The molecule has 1 unspecified atom stereocenters. The fourth-order valence-electron chi connectivity index (χ4n) is 0.944. The smallest absolute Gasteiger partial charge is 0.321 e. The van der Waals surface area contributed by atoms with Crippen LogP contribution in [0.5, 0.6) is 0 Å². The molecule has 0 amide bonds. The fraction of sp³-hybridized carbons (Fsp3) is 0.222. The first-order valence-corrected chi connectivity index (χ1v) is 4.15. The number of carboxylic acids is 1. The van der Waals surface area contributed by atoms with E-state index in [1.54, 1.807) is 12.1 Å². The zero-order chi connectivity index (χ0) is 9.84. The molecule has 1 N–H and O–H groups in total. The van der Waals surface area contributed by atoms with Gasteiger partial charge in [-0.05, 0) is 11.6 Å². The Bertz CT molecular complexity index is 314. The van der Waals surface area contributed by atoms with Gasteiger partial charge in [-0.1, -0.05) is 18.2 Å². The molecule has 0 aliphatic carbocycles. The van der Waals surface area contributed by atoms with E-state index in [9.17, 15) is 9.18 Å². The average Bonchev–Trinajstić information content (AvgIpc) is 2.08. The lowest BCUT2D eigenvalue weighted by atomic mass is 10.1. The number of carbonyl (C=O) groups is 1. The van der Waals surface area contributed by atoms with Crippen molar-refractivity contribution in [2.24, 2.45) is 0 Å². The molecule has 1 atom stereocenters. The molecule has 1 rings (SSSR count). The van der Waals surface area contributed by atoms with Crippen LogP contribution in [0, 0.1) is 5.82 Å². The monoisotopic (exact) mass is 202 g/mol. The van der Waals surface area contributed by atoms with Crippen molar-refractivity contribution in [2.75, 3.05) is 0 Å². The van der Waals surface area contributed by atoms with Crippen LogP contribution in [0.2, 0.25) is 0 Å². The van der Waals surface area contributed by atoms with Crippen LogP contribution in [0.3, 0.4) is 0 Å². The molecule has 0 bridgehead atoms. The van der Waals surface area contributed by atoms with E-state index >= 15 is 0 Å². The lowest BCUT2D eigenvalue weighted by Crippen LogP contribution is -2.16. The molecule has 0 aliphatic heterocycles. The standard InChI is InChI=1S/C9H8ClFO2/c10-7(9(12)13)5-6-3-1-2-4-8(6)11/h1-4,7H,5H2,(H,12,13). The Morgan fingerprint density at radius 3 is 2.69 bits per heavy atom. The van der Waals surface area contributed by atoms with Crippen molar-refractivity contribution in [1.29, 1.82) is 0 Å². The van der Waals surface area contributed by atoms with Crippen molar-refractivity contribution in [3.63, 3.8) is 0 Å². The first-order valence-electron chi connectivity index (χ1n) is 3.71. The van der Waals surface area contributed by atoms with Gasteiger partial charge >= 0.3 is 5.97 Å². The maximum Gasteiger partial charge on any atom is 0.321 e. The van der Waals surface area contributed by atoms with Gasteiger partial charge in [0, 0.05) is 6.42 Å². The zero-order valence-electron chi connectivity index (χ0n) is 6.71. The van der Waals surface area contributed by atoms with Gasteiger partial charge < -0.3 is 5.11 Å². The molecule has 70 valence electrons. The molecule has 0 saturated carbocycles. The molecular formula is C9H8ClFO2. The van der Waals surface area contributed by atoms with Crippen LogP contribution in [0.1, 0.15) is 5.56 Å². The molecule has 1 aromatic rings. The van der Waals surface area contributed by atoms with Crippen molar-refractivity contribution in [3.05, 3.63) is 35.6 Å². The van der Waals surface area contributed by atoms with Gasteiger partial charge in [-0.3, -0.25) is 4.79 Å². The van der Waals surface area contributed by atoms with Gasteiger partial charge in [-0.2, -0.15) is 0 Å². The average molecular weight is 203 g/mol. The van der Waals surface area contributed by atoms with Crippen molar-refractivity contribution in [1.82, 2.24) is 0 Å². The summed E-state index contributed by atoms with van der Waals surface area (Å²) in [5.41, 5.74) is 0.324. The molecule has 4 heteroatoms. The summed E-state index contributed by atoms with van der Waals surface area (Å²) in [6, 6.07) is 5.99. The van der Waals surface area contributed by atoms with E-state index in [0.717, 1.165) is 0 Å². The topological polar surface area (TPSA) is 37.3 Å². The van der Waals surface area contributed by atoms with Gasteiger partial charge in [0.2, 0.25) is 0 Å². The zero-order valence-corrected chi connectivity index (χ0v) is 7.46. The summed E-state index contributed by atoms with van der Waals surface area (Å²) in [6.07, 6.45) is 0.00353. The molecule has 0 heterocycles. The highest BCUT2D eigenvalue weighted by molar-refractivity contribution is 6.29. The minimum atomic E-state index is -1.13.